The van der Waals surface area contributed by atoms with Crippen LogP contribution >= 0.6 is 11.6 Å². The smallest absolute Gasteiger partial charge is 0.222 e. The first kappa shape index (κ1) is 13.0. The quantitative estimate of drug-likeness (QED) is 0.806. The van der Waals surface area contributed by atoms with Crippen LogP contribution in [0.1, 0.15) is 6.92 Å². The molecule has 1 heterocycles. The molecule has 0 spiro atoms. The largest absolute Gasteiger partial charge is 0.368 e. The number of anilines is 2. The van der Waals surface area contributed by atoms with E-state index in [9.17, 15) is 8.42 Å². The molecule has 90 valence electrons. The lowest BCUT2D eigenvalue weighted by Gasteiger charge is -2.07. The lowest BCUT2D eigenvalue weighted by atomic mass is 10.5. The van der Waals surface area contributed by atoms with E-state index < -0.39 is 9.84 Å². The highest BCUT2D eigenvalue weighted by atomic mass is 35.5. The zero-order valence-corrected chi connectivity index (χ0v) is 10.3. The molecule has 0 saturated heterocycles. The fourth-order valence-corrected chi connectivity index (χ4v) is 1.83. The SMILES string of the molecule is CCS(=O)(=O)CCNc1nc(N)ncc1Cl. The molecule has 0 atom stereocenters. The van der Waals surface area contributed by atoms with Crippen molar-refractivity contribution in [2.75, 3.05) is 29.1 Å². The van der Waals surface area contributed by atoms with E-state index >= 15 is 0 Å². The zero-order chi connectivity index (χ0) is 12.2. The number of nitrogens with one attached hydrogen (secondary N) is 1. The summed E-state index contributed by atoms with van der Waals surface area (Å²) in [5, 5.41) is 3.11. The van der Waals surface area contributed by atoms with Crippen molar-refractivity contribution in [1.29, 1.82) is 0 Å². The average Bonchev–Trinajstić information content (AvgIpc) is 2.23. The molecule has 3 N–H and O–H groups in total. The van der Waals surface area contributed by atoms with Crippen LogP contribution in [0.5, 0.6) is 0 Å². The van der Waals surface area contributed by atoms with Gasteiger partial charge in [-0.2, -0.15) is 4.98 Å². The van der Waals surface area contributed by atoms with Crippen molar-refractivity contribution >= 4 is 33.2 Å². The molecule has 0 aliphatic heterocycles. The van der Waals surface area contributed by atoms with E-state index in [1.807, 2.05) is 0 Å². The van der Waals surface area contributed by atoms with Crippen molar-refractivity contribution in [3.63, 3.8) is 0 Å². The molecule has 6 nitrogen and oxygen atoms in total. The number of hydrogen-bond donors (Lipinski definition) is 2. The normalized spacial score (nSPS) is 11.4. The first-order valence-electron chi connectivity index (χ1n) is 4.67. The van der Waals surface area contributed by atoms with E-state index in [4.69, 9.17) is 17.3 Å². The molecule has 0 aliphatic rings. The van der Waals surface area contributed by atoms with Crippen molar-refractivity contribution in [1.82, 2.24) is 9.97 Å². The number of nitrogens with two attached hydrogens (primary N) is 1. The predicted octanol–water partition coefficient (Wildman–Crippen LogP) is 0.559. The summed E-state index contributed by atoms with van der Waals surface area (Å²) in [6.07, 6.45) is 1.36. The second-order valence-corrected chi connectivity index (χ2v) is 5.97. The molecule has 0 unspecified atom stereocenters. The summed E-state index contributed by atoms with van der Waals surface area (Å²) in [6.45, 7) is 1.84. The van der Waals surface area contributed by atoms with Gasteiger partial charge in [0.15, 0.2) is 15.7 Å². The van der Waals surface area contributed by atoms with Crippen molar-refractivity contribution in [3.8, 4) is 0 Å². The topological polar surface area (TPSA) is 98.0 Å². The Kier molecular flexibility index (Phi) is 4.31. The van der Waals surface area contributed by atoms with E-state index in [-0.39, 0.29) is 24.0 Å². The lowest BCUT2D eigenvalue weighted by Crippen LogP contribution is -2.18. The maximum Gasteiger partial charge on any atom is 0.222 e. The fraction of sp³-hybridized carbons (Fsp3) is 0.500. The Morgan fingerprint density at radius 1 is 1.56 bits per heavy atom. The summed E-state index contributed by atoms with van der Waals surface area (Å²) >= 11 is 5.79. The van der Waals surface area contributed by atoms with Gasteiger partial charge >= 0.3 is 0 Å². The molecule has 0 aromatic carbocycles. The molecule has 0 fully saturated rings. The van der Waals surface area contributed by atoms with Gasteiger partial charge in [-0.3, -0.25) is 0 Å². The van der Waals surface area contributed by atoms with E-state index in [2.05, 4.69) is 15.3 Å². The zero-order valence-electron chi connectivity index (χ0n) is 8.77. The van der Waals surface area contributed by atoms with Crippen LogP contribution in [0.3, 0.4) is 0 Å². The highest BCUT2D eigenvalue weighted by Gasteiger charge is 2.08. The summed E-state index contributed by atoms with van der Waals surface area (Å²) in [5.74, 6) is 0.587. The summed E-state index contributed by atoms with van der Waals surface area (Å²) < 4.78 is 22.4. The van der Waals surface area contributed by atoms with Crippen LogP contribution in [0.15, 0.2) is 6.20 Å². The molecule has 16 heavy (non-hydrogen) atoms. The highest BCUT2D eigenvalue weighted by Crippen LogP contribution is 2.17. The summed E-state index contributed by atoms with van der Waals surface area (Å²) in [6, 6.07) is 0. The Balaban J connectivity index is 2.59. The van der Waals surface area contributed by atoms with E-state index in [1.165, 1.54) is 6.20 Å². The molecule has 0 aliphatic carbocycles. The average molecular weight is 265 g/mol. The van der Waals surface area contributed by atoms with Crippen LogP contribution in [-0.2, 0) is 9.84 Å². The van der Waals surface area contributed by atoms with Gasteiger partial charge in [0, 0.05) is 12.3 Å². The number of rotatable bonds is 5. The third kappa shape index (κ3) is 3.82. The molecule has 8 heteroatoms. The number of aromatic nitrogens is 2. The minimum Gasteiger partial charge on any atom is -0.368 e. The van der Waals surface area contributed by atoms with Crippen LogP contribution in [0.4, 0.5) is 11.8 Å². The van der Waals surface area contributed by atoms with Crippen LogP contribution in [0.2, 0.25) is 5.02 Å². The van der Waals surface area contributed by atoms with E-state index in [0.717, 1.165) is 0 Å². The Bertz CT molecular complexity index is 463. The lowest BCUT2D eigenvalue weighted by molar-refractivity contribution is 0.597. The van der Waals surface area contributed by atoms with Crippen LogP contribution in [-0.4, -0.2) is 36.4 Å². The first-order valence-corrected chi connectivity index (χ1v) is 6.87. The number of nitrogens with zero attached hydrogens (tertiary/aromatic N) is 2. The minimum absolute atomic E-state index is 0.0315. The molecule has 0 radical (unpaired) electrons. The summed E-state index contributed by atoms with van der Waals surface area (Å²) in [7, 11) is -2.99. The third-order valence-electron chi connectivity index (χ3n) is 1.91. The Morgan fingerprint density at radius 3 is 2.88 bits per heavy atom. The maximum absolute atomic E-state index is 11.2. The van der Waals surface area contributed by atoms with Gasteiger partial charge in [-0.25, -0.2) is 13.4 Å². The maximum atomic E-state index is 11.2. The number of sulfone groups is 1. The van der Waals surface area contributed by atoms with Gasteiger partial charge in [-0.05, 0) is 0 Å². The van der Waals surface area contributed by atoms with Crippen molar-refractivity contribution in [2.45, 2.75) is 6.92 Å². The van der Waals surface area contributed by atoms with Gasteiger partial charge in [0.25, 0.3) is 0 Å². The molecule has 1 rings (SSSR count). The molecule has 1 aromatic heterocycles. The Labute approximate surface area is 99.1 Å². The molecule has 0 amide bonds. The third-order valence-corrected chi connectivity index (χ3v) is 3.89. The van der Waals surface area contributed by atoms with Crippen LogP contribution < -0.4 is 11.1 Å². The van der Waals surface area contributed by atoms with Crippen molar-refractivity contribution < 1.29 is 8.42 Å². The van der Waals surface area contributed by atoms with Gasteiger partial charge in [0.2, 0.25) is 5.95 Å². The molecule has 0 bridgehead atoms. The molecule has 0 saturated carbocycles. The summed E-state index contributed by atoms with van der Waals surface area (Å²) in [4.78, 5) is 7.54. The van der Waals surface area contributed by atoms with Gasteiger partial charge in [-0.15, -0.1) is 0 Å². The van der Waals surface area contributed by atoms with Gasteiger partial charge in [0.1, 0.15) is 5.02 Å². The van der Waals surface area contributed by atoms with E-state index in [1.54, 1.807) is 6.92 Å². The van der Waals surface area contributed by atoms with Crippen molar-refractivity contribution in [3.05, 3.63) is 11.2 Å². The molecule has 1 aromatic rings. The second kappa shape index (κ2) is 5.31. The predicted molar refractivity (Wildman–Crippen MR) is 64.3 cm³/mol. The van der Waals surface area contributed by atoms with E-state index in [0.29, 0.717) is 10.8 Å². The van der Waals surface area contributed by atoms with Gasteiger partial charge < -0.3 is 11.1 Å². The number of hydrogen-bond acceptors (Lipinski definition) is 6. The fourth-order valence-electron chi connectivity index (χ4n) is 0.974. The van der Waals surface area contributed by atoms with Crippen molar-refractivity contribution in [2.24, 2.45) is 0 Å². The number of halogens is 1. The molecular weight excluding hydrogens is 252 g/mol. The first-order chi connectivity index (χ1) is 7.44. The van der Waals surface area contributed by atoms with Gasteiger partial charge in [0.05, 0.1) is 11.9 Å². The second-order valence-electron chi connectivity index (χ2n) is 3.09. The van der Waals surface area contributed by atoms with Crippen LogP contribution in [0, 0.1) is 0 Å². The molecular formula is C8H13ClN4O2S. The monoisotopic (exact) mass is 264 g/mol. The minimum atomic E-state index is -2.99. The Hall–Kier alpha value is -1.08. The number of nitrogen functional groups attached to an aromatic ring is 1. The Morgan fingerprint density at radius 2 is 2.25 bits per heavy atom. The van der Waals surface area contributed by atoms with Gasteiger partial charge in [-0.1, -0.05) is 18.5 Å². The highest BCUT2D eigenvalue weighted by molar-refractivity contribution is 7.91. The van der Waals surface area contributed by atoms with Crippen LogP contribution in [0.25, 0.3) is 0 Å². The summed E-state index contributed by atoms with van der Waals surface area (Å²) in [5.41, 5.74) is 5.37. The standard InChI is InChI=1S/C8H13ClN4O2S/c1-2-16(14,15)4-3-11-7-6(9)5-12-8(10)13-7/h5H,2-4H2,1H3,(H3,10,11,12,13).